The smallest absolute Gasteiger partial charge is 0.124 e. The second kappa shape index (κ2) is 5.80. The van der Waals surface area contributed by atoms with Crippen LogP contribution < -0.4 is 5.32 Å². The van der Waals surface area contributed by atoms with Crippen LogP contribution in [0.1, 0.15) is 18.4 Å². The van der Waals surface area contributed by atoms with Crippen LogP contribution in [0.25, 0.3) is 0 Å². The van der Waals surface area contributed by atoms with Crippen LogP contribution in [0.15, 0.2) is 18.2 Å². The lowest BCUT2D eigenvalue weighted by molar-refractivity contribution is 0.300. The molecule has 1 fully saturated rings. The second-order valence-electron chi connectivity index (χ2n) is 4.64. The van der Waals surface area contributed by atoms with Gasteiger partial charge in [0.05, 0.1) is 0 Å². The van der Waals surface area contributed by atoms with Gasteiger partial charge in [0.2, 0.25) is 0 Å². The summed E-state index contributed by atoms with van der Waals surface area (Å²) in [6.45, 7) is 2.84. The molecule has 17 heavy (non-hydrogen) atoms. The van der Waals surface area contributed by atoms with Gasteiger partial charge in [-0.1, -0.05) is 17.7 Å². The van der Waals surface area contributed by atoms with Crippen molar-refractivity contribution in [3.63, 3.8) is 0 Å². The molecular weight excluding hydrogens is 239 g/mol. The summed E-state index contributed by atoms with van der Waals surface area (Å²) in [4.78, 5) is 2.37. The molecule has 0 aliphatic carbocycles. The van der Waals surface area contributed by atoms with Gasteiger partial charge < -0.3 is 10.2 Å². The second-order valence-corrected chi connectivity index (χ2v) is 5.05. The highest BCUT2D eigenvalue weighted by Crippen LogP contribution is 2.17. The fourth-order valence-corrected chi connectivity index (χ4v) is 2.51. The molecule has 1 aliphatic heterocycles. The Balaban J connectivity index is 1.81. The van der Waals surface area contributed by atoms with E-state index < -0.39 is 0 Å². The van der Waals surface area contributed by atoms with E-state index in [-0.39, 0.29) is 5.82 Å². The van der Waals surface area contributed by atoms with Crippen LogP contribution in [-0.2, 0) is 6.54 Å². The van der Waals surface area contributed by atoms with E-state index >= 15 is 0 Å². The summed E-state index contributed by atoms with van der Waals surface area (Å²) in [6, 6.07) is 5.17. The lowest BCUT2D eigenvalue weighted by Gasteiger charge is -2.19. The molecule has 0 amide bonds. The summed E-state index contributed by atoms with van der Waals surface area (Å²) in [7, 11) is 2.16. The van der Waals surface area contributed by atoms with Gasteiger partial charge in [-0.2, -0.15) is 0 Å². The Bertz CT molecular complexity index is 384. The van der Waals surface area contributed by atoms with Crippen LogP contribution in [0.3, 0.4) is 0 Å². The Kier molecular flexibility index (Phi) is 4.37. The average molecular weight is 257 g/mol. The molecule has 1 aromatic carbocycles. The van der Waals surface area contributed by atoms with Crippen molar-refractivity contribution in [3.8, 4) is 0 Å². The van der Waals surface area contributed by atoms with Crippen molar-refractivity contribution in [1.29, 1.82) is 0 Å². The number of likely N-dealkylation sites (tertiary alicyclic amines) is 1. The molecule has 1 aliphatic rings. The number of hydrogen-bond donors (Lipinski definition) is 1. The zero-order valence-electron chi connectivity index (χ0n) is 10.0. The summed E-state index contributed by atoms with van der Waals surface area (Å²) in [5, 5.41) is 3.88. The molecule has 1 unspecified atom stereocenters. The highest BCUT2D eigenvalue weighted by molar-refractivity contribution is 6.31. The number of likely N-dealkylation sites (N-methyl/N-ethyl adjacent to an activating group) is 1. The van der Waals surface area contributed by atoms with Gasteiger partial charge >= 0.3 is 0 Å². The van der Waals surface area contributed by atoms with Crippen molar-refractivity contribution in [3.05, 3.63) is 34.6 Å². The maximum absolute atomic E-state index is 12.9. The molecule has 4 heteroatoms. The first-order chi connectivity index (χ1) is 8.16. The first-order valence-corrected chi connectivity index (χ1v) is 6.39. The molecule has 0 radical (unpaired) electrons. The van der Waals surface area contributed by atoms with E-state index in [1.807, 2.05) is 0 Å². The predicted octanol–water partition coefficient (Wildman–Crippen LogP) is 2.66. The van der Waals surface area contributed by atoms with Crippen molar-refractivity contribution in [2.75, 3.05) is 20.1 Å². The molecular formula is C13H18ClFN2. The molecule has 0 aromatic heterocycles. The van der Waals surface area contributed by atoms with E-state index in [9.17, 15) is 4.39 Å². The molecule has 1 aromatic rings. The first-order valence-electron chi connectivity index (χ1n) is 6.01. The van der Waals surface area contributed by atoms with Crippen molar-refractivity contribution in [1.82, 2.24) is 10.2 Å². The van der Waals surface area contributed by atoms with Crippen LogP contribution >= 0.6 is 11.6 Å². The highest BCUT2D eigenvalue weighted by Gasteiger charge is 2.19. The van der Waals surface area contributed by atoms with Crippen molar-refractivity contribution in [2.45, 2.75) is 25.4 Å². The fourth-order valence-electron chi connectivity index (χ4n) is 2.28. The molecule has 1 N–H and O–H groups in total. The maximum atomic E-state index is 12.9. The summed E-state index contributed by atoms with van der Waals surface area (Å²) in [6.07, 6.45) is 2.53. The minimum absolute atomic E-state index is 0.283. The van der Waals surface area contributed by atoms with E-state index in [0.717, 1.165) is 12.1 Å². The monoisotopic (exact) mass is 256 g/mol. The first kappa shape index (κ1) is 12.8. The van der Waals surface area contributed by atoms with E-state index in [2.05, 4.69) is 17.3 Å². The number of benzene rings is 1. The predicted molar refractivity (Wildman–Crippen MR) is 68.8 cm³/mol. The SMILES string of the molecule is CN1CCCC1CNCc1ccc(F)cc1Cl. The Morgan fingerprint density at radius 3 is 3.00 bits per heavy atom. The zero-order valence-corrected chi connectivity index (χ0v) is 10.8. The lowest BCUT2D eigenvalue weighted by Crippen LogP contribution is -2.35. The third-order valence-electron chi connectivity index (χ3n) is 3.38. The molecule has 0 saturated carbocycles. The molecule has 1 heterocycles. The minimum Gasteiger partial charge on any atom is -0.311 e. The number of nitrogens with one attached hydrogen (secondary N) is 1. The van der Waals surface area contributed by atoms with Gasteiger partial charge in [-0.05, 0) is 44.1 Å². The van der Waals surface area contributed by atoms with Crippen molar-refractivity contribution < 1.29 is 4.39 Å². The Labute approximate surface area is 107 Å². The van der Waals surface area contributed by atoms with E-state index in [1.165, 1.54) is 31.5 Å². The number of hydrogen-bond acceptors (Lipinski definition) is 2. The van der Waals surface area contributed by atoms with Gasteiger partial charge in [-0.3, -0.25) is 0 Å². The number of halogens is 2. The molecule has 1 saturated heterocycles. The molecule has 2 nitrogen and oxygen atoms in total. The standard InChI is InChI=1S/C13H18ClFN2/c1-17-6-2-3-12(17)9-16-8-10-4-5-11(15)7-13(10)14/h4-5,7,12,16H,2-3,6,8-9H2,1H3. The van der Waals surface area contributed by atoms with E-state index in [4.69, 9.17) is 11.6 Å². The number of rotatable bonds is 4. The summed E-state index contributed by atoms with van der Waals surface area (Å²) < 4.78 is 12.9. The molecule has 2 rings (SSSR count). The molecule has 94 valence electrons. The Hall–Kier alpha value is -0.640. The summed E-state index contributed by atoms with van der Waals surface area (Å²) in [5.41, 5.74) is 0.953. The lowest BCUT2D eigenvalue weighted by atomic mass is 10.2. The maximum Gasteiger partial charge on any atom is 0.124 e. The van der Waals surface area contributed by atoms with Gasteiger partial charge in [0.15, 0.2) is 0 Å². The third kappa shape index (κ3) is 3.41. The summed E-state index contributed by atoms with van der Waals surface area (Å²) in [5.74, 6) is -0.283. The van der Waals surface area contributed by atoms with Gasteiger partial charge in [-0.15, -0.1) is 0 Å². The minimum atomic E-state index is -0.283. The van der Waals surface area contributed by atoms with Crippen LogP contribution in [0.2, 0.25) is 5.02 Å². The average Bonchev–Trinajstić information content (AvgIpc) is 2.68. The van der Waals surface area contributed by atoms with Crippen LogP contribution in [0.4, 0.5) is 4.39 Å². The topological polar surface area (TPSA) is 15.3 Å². The van der Waals surface area contributed by atoms with E-state index in [0.29, 0.717) is 17.6 Å². The Morgan fingerprint density at radius 2 is 2.35 bits per heavy atom. The van der Waals surface area contributed by atoms with Crippen molar-refractivity contribution >= 4 is 11.6 Å². The van der Waals surface area contributed by atoms with Gasteiger partial charge in [0, 0.05) is 24.2 Å². The highest BCUT2D eigenvalue weighted by atomic mass is 35.5. The van der Waals surface area contributed by atoms with Crippen LogP contribution in [-0.4, -0.2) is 31.1 Å². The van der Waals surface area contributed by atoms with Crippen LogP contribution in [0, 0.1) is 5.82 Å². The van der Waals surface area contributed by atoms with Crippen molar-refractivity contribution in [2.24, 2.45) is 0 Å². The quantitative estimate of drug-likeness (QED) is 0.891. The van der Waals surface area contributed by atoms with Gasteiger partial charge in [-0.25, -0.2) is 4.39 Å². The molecule has 0 bridgehead atoms. The zero-order chi connectivity index (χ0) is 12.3. The van der Waals surface area contributed by atoms with Gasteiger partial charge in [0.25, 0.3) is 0 Å². The largest absolute Gasteiger partial charge is 0.311 e. The normalized spacial score (nSPS) is 21.0. The Morgan fingerprint density at radius 1 is 1.53 bits per heavy atom. The fraction of sp³-hybridized carbons (Fsp3) is 0.538. The van der Waals surface area contributed by atoms with E-state index in [1.54, 1.807) is 6.07 Å². The number of nitrogens with zero attached hydrogens (tertiary/aromatic N) is 1. The van der Waals surface area contributed by atoms with Crippen LogP contribution in [0.5, 0.6) is 0 Å². The molecule has 0 spiro atoms. The van der Waals surface area contributed by atoms with Gasteiger partial charge in [0.1, 0.15) is 5.82 Å². The molecule has 1 atom stereocenters. The summed E-state index contributed by atoms with van der Waals surface area (Å²) >= 11 is 5.96. The third-order valence-corrected chi connectivity index (χ3v) is 3.73.